The Hall–Kier alpha value is -1.06. The number of rotatable bonds is 5. The number of benzene rings is 1. The Bertz CT molecular complexity index is 417. The van der Waals surface area contributed by atoms with Gasteiger partial charge in [0, 0.05) is 12.5 Å². The van der Waals surface area contributed by atoms with Gasteiger partial charge < -0.3 is 15.6 Å². The second-order valence-corrected chi connectivity index (χ2v) is 5.91. The number of ether oxygens (including phenoxy) is 1. The molecule has 0 heterocycles. The van der Waals surface area contributed by atoms with Crippen molar-refractivity contribution in [3.8, 4) is 5.75 Å². The van der Waals surface area contributed by atoms with Gasteiger partial charge in [-0.15, -0.1) is 0 Å². The van der Waals surface area contributed by atoms with E-state index < -0.39 is 0 Å². The Morgan fingerprint density at radius 2 is 2.17 bits per heavy atom. The lowest BCUT2D eigenvalue weighted by atomic mass is 9.88. The van der Waals surface area contributed by atoms with Crippen LogP contribution in [0.2, 0.25) is 0 Å². The minimum atomic E-state index is -0.364. The van der Waals surface area contributed by atoms with Crippen molar-refractivity contribution in [2.24, 2.45) is 17.1 Å². The predicted octanol–water partition coefficient (Wildman–Crippen LogP) is 2.14. The van der Waals surface area contributed by atoms with Crippen LogP contribution in [0.15, 0.2) is 24.3 Å². The number of aliphatic hydroxyl groups excluding tert-OH is 1. The Morgan fingerprint density at radius 3 is 2.67 bits per heavy atom. The molecule has 1 fully saturated rings. The van der Waals surface area contributed by atoms with Crippen LogP contribution in [0.1, 0.15) is 31.7 Å². The van der Waals surface area contributed by atoms with Crippen LogP contribution in [0.4, 0.5) is 0 Å². The van der Waals surface area contributed by atoms with Crippen molar-refractivity contribution >= 4 is 0 Å². The number of hydrogen-bond donors (Lipinski definition) is 2. The first-order valence-corrected chi connectivity index (χ1v) is 6.51. The van der Waals surface area contributed by atoms with E-state index in [0.717, 1.165) is 17.7 Å². The maximum atomic E-state index is 10.5. The monoisotopic (exact) mass is 249 g/mol. The molecular formula is C15H23NO2. The van der Waals surface area contributed by atoms with E-state index in [4.69, 9.17) is 10.5 Å². The molecule has 0 amide bonds. The summed E-state index contributed by atoms with van der Waals surface area (Å²) in [6, 6.07) is 7.83. The summed E-state index contributed by atoms with van der Waals surface area (Å²) in [6.07, 6.45) is 0.714. The Balaban J connectivity index is 2.17. The average Bonchev–Trinajstić information content (AvgIpc) is 2.99. The molecule has 0 bridgehead atoms. The van der Waals surface area contributed by atoms with Gasteiger partial charge in [0.25, 0.3) is 0 Å². The van der Waals surface area contributed by atoms with Gasteiger partial charge >= 0.3 is 0 Å². The van der Waals surface area contributed by atoms with Crippen LogP contribution in [0.3, 0.4) is 0 Å². The predicted molar refractivity (Wildman–Crippen MR) is 72.7 cm³/mol. The maximum Gasteiger partial charge on any atom is 0.119 e. The highest BCUT2D eigenvalue weighted by Gasteiger charge is 2.51. The molecule has 0 aliphatic heterocycles. The molecule has 0 aromatic heterocycles. The first kappa shape index (κ1) is 13.4. The molecule has 3 atom stereocenters. The third-order valence-electron chi connectivity index (χ3n) is 4.19. The van der Waals surface area contributed by atoms with Crippen LogP contribution in [0, 0.1) is 11.3 Å². The summed E-state index contributed by atoms with van der Waals surface area (Å²) in [6.45, 7) is 4.85. The van der Waals surface area contributed by atoms with E-state index in [1.807, 2.05) is 24.3 Å². The third kappa shape index (κ3) is 2.52. The van der Waals surface area contributed by atoms with E-state index in [1.54, 1.807) is 7.11 Å². The topological polar surface area (TPSA) is 55.5 Å². The molecular weight excluding hydrogens is 226 g/mol. The van der Waals surface area contributed by atoms with Crippen LogP contribution in [-0.2, 0) is 0 Å². The van der Waals surface area contributed by atoms with Gasteiger partial charge in [-0.2, -0.15) is 0 Å². The zero-order chi connectivity index (χ0) is 13.3. The third-order valence-corrected chi connectivity index (χ3v) is 4.19. The fourth-order valence-corrected chi connectivity index (χ4v) is 2.72. The van der Waals surface area contributed by atoms with E-state index in [1.165, 1.54) is 0 Å². The number of methoxy groups -OCH3 is 1. The lowest BCUT2D eigenvalue weighted by Crippen LogP contribution is -2.29. The number of nitrogens with two attached hydrogens (primary N) is 1. The first-order chi connectivity index (χ1) is 8.49. The maximum absolute atomic E-state index is 10.5. The van der Waals surface area contributed by atoms with E-state index in [9.17, 15) is 5.11 Å². The quantitative estimate of drug-likeness (QED) is 0.840. The normalized spacial score (nSPS) is 24.4. The van der Waals surface area contributed by atoms with Gasteiger partial charge in [0.15, 0.2) is 0 Å². The SMILES string of the molecule is COc1cccc(C(CN)C(O)C2CC2(C)C)c1. The average molecular weight is 249 g/mol. The molecule has 3 unspecified atom stereocenters. The lowest BCUT2D eigenvalue weighted by Gasteiger charge is -2.23. The largest absolute Gasteiger partial charge is 0.497 e. The standard InChI is InChI=1S/C15H23NO2/c1-15(2)8-13(15)14(17)12(9-16)10-5-4-6-11(7-10)18-3/h4-7,12-14,17H,8-9,16H2,1-3H3. The molecule has 3 N–H and O–H groups in total. The molecule has 1 aliphatic carbocycles. The van der Waals surface area contributed by atoms with Crippen LogP contribution >= 0.6 is 0 Å². The van der Waals surface area contributed by atoms with Crippen molar-refractivity contribution in [3.63, 3.8) is 0 Å². The molecule has 0 radical (unpaired) electrons. The highest BCUT2D eigenvalue weighted by Crippen LogP contribution is 2.55. The minimum Gasteiger partial charge on any atom is -0.497 e. The van der Waals surface area contributed by atoms with Gasteiger partial charge in [-0.1, -0.05) is 26.0 Å². The van der Waals surface area contributed by atoms with Gasteiger partial charge in [0.05, 0.1) is 13.2 Å². The van der Waals surface area contributed by atoms with Gasteiger partial charge in [-0.05, 0) is 35.4 Å². The Labute approximate surface area is 109 Å². The summed E-state index contributed by atoms with van der Waals surface area (Å²) in [7, 11) is 1.65. The van der Waals surface area contributed by atoms with E-state index in [2.05, 4.69) is 13.8 Å². The van der Waals surface area contributed by atoms with Crippen molar-refractivity contribution in [1.29, 1.82) is 0 Å². The summed E-state index contributed by atoms with van der Waals surface area (Å²) in [5.41, 5.74) is 7.17. The molecule has 0 spiro atoms. The van der Waals surface area contributed by atoms with Crippen molar-refractivity contribution in [2.75, 3.05) is 13.7 Å². The number of hydrogen-bond acceptors (Lipinski definition) is 3. The molecule has 100 valence electrons. The van der Waals surface area contributed by atoms with Crippen molar-refractivity contribution in [2.45, 2.75) is 32.3 Å². The summed E-state index contributed by atoms with van der Waals surface area (Å²) in [5, 5.41) is 10.5. The molecule has 0 saturated heterocycles. The molecule has 3 nitrogen and oxygen atoms in total. The van der Waals surface area contributed by atoms with Crippen molar-refractivity contribution < 1.29 is 9.84 Å². The molecule has 1 aromatic rings. The molecule has 1 saturated carbocycles. The first-order valence-electron chi connectivity index (χ1n) is 6.51. The van der Waals surface area contributed by atoms with E-state index in [-0.39, 0.29) is 17.4 Å². The molecule has 3 heteroatoms. The zero-order valence-electron chi connectivity index (χ0n) is 11.4. The van der Waals surface area contributed by atoms with Crippen LogP contribution in [-0.4, -0.2) is 24.9 Å². The molecule has 2 rings (SSSR count). The highest BCUT2D eigenvalue weighted by atomic mass is 16.5. The Kier molecular flexibility index (Phi) is 3.64. The van der Waals surface area contributed by atoms with E-state index in [0.29, 0.717) is 12.5 Å². The number of aliphatic hydroxyl groups is 1. The fraction of sp³-hybridized carbons (Fsp3) is 0.600. The van der Waals surface area contributed by atoms with Crippen molar-refractivity contribution in [3.05, 3.63) is 29.8 Å². The lowest BCUT2D eigenvalue weighted by molar-refractivity contribution is 0.109. The van der Waals surface area contributed by atoms with Crippen LogP contribution < -0.4 is 10.5 Å². The van der Waals surface area contributed by atoms with Gasteiger partial charge in [0.2, 0.25) is 0 Å². The molecule has 1 aromatic carbocycles. The second kappa shape index (κ2) is 4.90. The van der Waals surface area contributed by atoms with Gasteiger partial charge in [0.1, 0.15) is 5.75 Å². The van der Waals surface area contributed by atoms with E-state index >= 15 is 0 Å². The van der Waals surface area contributed by atoms with Crippen LogP contribution in [0.25, 0.3) is 0 Å². The fourth-order valence-electron chi connectivity index (χ4n) is 2.72. The smallest absolute Gasteiger partial charge is 0.119 e. The summed E-state index contributed by atoms with van der Waals surface area (Å²) in [5.74, 6) is 1.16. The molecule has 1 aliphatic rings. The second-order valence-electron chi connectivity index (χ2n) is 5.91. The molecule has 18 heavy (non-hydrogen) atoms. The summed E-state index contributed by atoms with van der Waals surface area (Å²) >= 11 is 0. The zero-order valence-corrected chi connectivity index (χ0v) is 11.4. The summed E-state index contributed by atoms with van der Waals surface area (Å²) < 4.78 is 5.22. The summed E-state index contributed by atoms with van der Waals surface area (Å²) in [4.78, 5) is 0. The van der Waals surface area contributed by atoms with Crippen LogP contribution in [0.5, 0.6) is 5.75 Å². The van der Waals surface area contributed by atoms with Crippen molar-refractivity contribution in [1.82, 2.24) is 0 Å². The minimum absolute atomic E-state index is 0.00752. The van der Waals surface area contributed by atoms with Gasteiger partial charge in [-0.3, -0.25) is 0 Å². The Morgan fingerprint density at radius 1 is 1.50 bits per heavy atom. The van der Waals surface area contributed by atoms with Gasteiger partial charge in [-0.25, -0.2) is 0 Å². The highest BCUT2D eigenvalue weighted by molar-refractivity contribution is 5.32.